The number of benzene rings is 1. The summed E-state index contributed by atoms with van der Waals surface area (Å²) < 4.78 is 30.3. The Morgan fingerprint density at radius 3 is 2.76 bits per heavy atom. The third-order valence-corrected chi connectivity index (χ3v) is 3.81. The fraction of sp³-hybridized carbons (Fsp3) is 0.455. The van der Waals surface area contributed by atoms with Crippen LogP contribution in [0.2, 0.25) is 0 Å². The second-order valence-electron chi connectivity index (χ2n) is 3.76. The molecule has 0 aliphatic rings. The largest absolute Gasteiger partial charge is 0.399 e. The first kappa shape index (κ1) is 14.0. The first-order valence-corrected chi connectivity index (χ1v) is 6.92. The first-order valence-electron chi connectivity index (χ1n) is 5.26. The van der Waals surface area contributed by atoms with Crippen molar-refractivity contribution >= 4 is 15.7 Å². The van der Waals surface area contributed by atoms with Crippen molar-refractivity contribution in [2.24, 2.45) is 0 Å². The Balaban J connectivity index is 2.64. The molecule has 0 aromatic heterocycles. The van der Waals surface area contributed by atoms with Crippen LogP contribution >= 0.6 is 0 Å². The molecular weight excluding hydrogens is 240 g/mol. The summed E-state index contributed by atoms with van der Waals surface area (Å²) >= 11 is 0. The van der Waals surface area contributed by atoms with Gasteiger partial charge in [-0.15, -0.1) is 0 Å². The third kappa shape index (κ3) is 4.33. The zero-order valence-electron chi connectivity index (χ0n) is 10.1. The number of ether oxygens (including phenoxy) is 1. The Kier molecular flexibility index (Phi) is 4.92. The van der Waals surface area contributed by atoms with Crippen LogP contribution < -0.4 is 10.5 Å². The van der Waals surface area contributed by atoms with Gasteiger partial charge in [0, 0.05) is 19.3 Å². The third-order valence-electron chi connectivity index (χ3n) is 2.53. The molecule has 0 spiro atoms. The van der Waals surface area contributed by atoms with Crippen molar-refractivity contribution in [2.75, 3.05) is 25.2 Å². The van der Waals surface area contributed by atoms with E-state index in [2.05, 4.69) is 4.72 Å². The molecule has 0 atom stereocenters. The van der Waals surface area contributed by atoms with Crippen LogP contribution in [0.4, 0.5) is 5.69 Å². The van der Waals surface area contributed by atoms with Crippen molar-refractivity contribution in [2.45, 2.75) is 13.5 Å². The van der Waals surface area contributed by atoms with Crippen molar-refractivity contribution in [3.63, 3.8) is 0 Å². The van der Waals surface area contributed by atoms with E-state index in [4.69, 9.17) is 10.5 Å². The molecule has 0 aliphatic heterocycles. The number of nitrogens with one attached hydrogen (secondary N) is 1. The molecule has 3 N–H and O–H groups in total. The minimum atomic E-state index is -3.29. The summed E-state index contributed by atoms with van der Waals surface area (Å²) in [5.74, 6) is -0.0368. The van der Waals surface area contributed by atoms with E-state index in [1.807, 2.05) is 13.0 Å². The van der Waals surface area contributed by atoms with Crippen LogP contribution in [0.5, 0.6) is 0 Å². The number of nitrogen functional groups attached to an aromatic ring is 1. The Morgan fingerprint density at radius 2 is 2.12 bits per heavy atom. The molecule has 5 nitrogen and oxygen atoms in total. The van der Waals surface area contributed by atoms with Crippen LogP contribution in [0.25, 0.3) is 0 Å². The van der Waals surface area contributed by atoms with Gasteiger partial charge in [-0.3, -0.25) is 0 Å². The van der Waals surface area contributed by atoms with Gasteiger partial charge in [0.15, 0.2) is 0 Å². The Morgan fingerprint density at radius 1 is 1.41 bits per heavy atom. The van der Waals surface area contributed by atoms with Crippen LogP contribution in [-0.2, 0) is 21.3 Å². The molecule has 0 fully saturated rings. The highest BCUT2D eigenvalue weighted by molar-refractivity contribution is 7.89. The highest BCUT2D eigenvalue weighted by atomic mass is 32.2. The summed E-state index contributed by atoms with van der Waals surface area (Å²) in [6.45, 7) is 2.31. The number of sulfonamides is 1. The molecule has 0 bridgehead atoms. The summed E-state index contributed by atoms with van der Waals surface area (Å²) in [5, 5.41) is 0. The highest BCUT2D eigenvalue weighted by Crippen LogP contribution is 2.15. The van der Waals surface area contributed by atoms with E-state index in [9.17, 15) is 8.42 Å². The smallest absolute Gasteiger partial charge is 0.214 e. The number of methoxy groups -OCH3 is 1. The molecule has 0 radical (unpaired) electrons. The zero-order chi connectivity index (χ0) is 12.9. The minimum Gasteiger partial charge on any atom is -0.399 e. The van der Waals surface area contributed by atoms with Crippen molar-refractivity contribution in [3.05, 3.63) is 29.3 Å². The second-order valence-corrected chi connectivity index (χ2v) is 5.69. The molecule has 96 valence electrons. The number of hydrogen-bond donors (Lipinski definition) is 2. The predicted octanol–water partition coefficient (Wildman–Crippen LogP) is 0.643. The SMILES string of the molecule is COCCS(=O)(=O)NCc1cccc(N)c1C. The van der Waals surface area contributed by atoms with Crippen molar-refractivity contribution in [3.8, 4) is 0 Å². The van der Waals surface area contributed by atoms with Gasteiger partial charge in [0.05, 0.1) is 12.4 Å². The van der Waals surface area contributed by atoms with Crippen molar-refractivity contribution < 1.29 is 13.2 Å². The summed E-state index contributed by atoms with van der Waals surface area (Å²) in [7, 11) is -1.82. The number of rotatable bonds is 6. The summed E-state index contributed by atoms with van der Waals surface area (Å²) in [6, 6.07) is 5.45. The van der Waals surface area contributed by atoms with E-state index in [-0.39, 0.29) is 18.9 Å². The van der Waals surface area contributed by atoms with Crippen molar-refractivity contribution in [1.82, 2.24) is 4.72 Å². The molecule has 1 rings (SSSR count). The lowest BCUT2D eigenvalue weighted by molar-refractivity contribution is 0.217. The minimum absolute atomic E-state index is 0.0368. The van der Waals surface area contributed by atoms with E-state index in [0.29, 0.717) is 5.69 Å². The fourth-order valence-corrected chi connectivity index (χ4v) is 2.25. The molecule has 0 aliphatic carbocycles. The average molecular weight is 258 g/mol. The lowest BCUT2D eigenvalue weighted by Gasteiger charge is -2.10. The molecule has 0 saturated carbocycles. The van der Waals surface area contributed by atoms with E-state index in [1.165, 1.54) is 7.11 Å². The zero-order valence-corrected chi connectivity index (χ0v) is 10.9. The molecule has 6 heteroatoms. The Hall–Kier alpha value is -1.11. The number of nitrogens with two attached hydrogens (primary N) is 1. The van der Waals surface area contributed by atoms with Crippen LogP contribution in [-0.4, -0.2) is 27.9 Å². The van der Waals surface area contributed by atoms with Crippen LogP contribution in [0.1, 0.15) is 11.1 Å². The van der Waals surface area contributed by atoms with Crippen LogP contribution in [0.15, 0.2) is 18.2 Å². The van der Waals surface area contributed by atoms with Gasteiger partial charge in [0.2, 0.25) is 10.0 Å². The van der Waals surface area contributed by atoms with E-state index in [1.54, 1.807) is 12.1 Å². The maximum absolute atomic E-state index is 11.5. The van der Waals surface area contributed by atoms with Crippen LogP contribution in [0.3, 0.4) is 0 Å². The molecule has 17 heavy (non-hydrogen) atoms. The standard InChI is InChI=1S/C11H18N2O3S/c1-9-10(4-3-5-11(9)12)8-13-17(14,15)7-6-16-2/h3-5,13H,6-8,12H2,1-2H3. The predicted molar refractivity (Wildman–Crippen MR) is 68.1 cm³/mol. The van der Waals surface area contributed by atoms with E-state index in [0.717, 1.165) is 11.1 Å². The van der Waals surface area contributed by atoms with Crippen LogP contribution in [0, 0.1) is 6.92 Å². The molecule has 1 aromatic carbocycles. The lowest BCUT2D eigenvalue weighted by Crippen LogP contribution is -2.28. The summed E-state index contributed by atoms with van der Waals surface area (Å²) in [5.41, 5.74) is 8.19. The highest BCUT2D eigenvalue weighted by Gasteiger charge is 2.10. The van der Waals surface area contributed by atoms with Crippen molar-refractivity contribution in [1.29, 1.82) is 0 Å². The Labute approximate surface area is 102 Å². The topological polar surface area (TPSA) is 81.4 Å². The van der Waals surface area contributed by atoms with Gasteiger partial charge in [-0.05, 0) is 24.1 Å². The molecule has 0 heterocycles. The van der Waals surface area contributed by atoms with Gasteiger partial charge >= 0.3 is 0 Å². The molecule has 0 saturated heterocycles. The fourth-order valence-electron chi connectivity index (χ4n) is 1.35. The molecular formula is C11H18N2O3S. The van der Waals surface area contributed by atoms with E-state index < -0.39 is 10.0 Å². The Bertz CT molecular complexity index is 472. The first-order chi connectivity index (χ1) is 7.96. The maximum atomic E-state index is 11.5. The average Bonchev–Trinajstić information content (AvgIpc) is 2.29. The molecule has 0 unspecified atom stereocenters. The normalized spacial score (nSPS) is 11.6. The number of hydrogen-bond acceptors (Lipinski definition) is 4. The van der Waals surface area contributed by atoms with Gasteiger partial charge in [0.1, 0.15) is 0 Å². The second kappa shape index (κ2) is 6.00. The molecule has 0 amide bonds. The molecule has 1 aromatic rings. The van der Waals surface area contributed by atoms with E-state index >= 15 is 0 Å². The van der Waals surface area contributed by atoms with Gasteiger partial charge in [0.25, 0.3) is 0 Å². The summed E-state index contributed by atoms with van der Waals surface area (Å²) in [6.07, 6.45) is 0. The lowest BCUT2D eigenvalue weighted by atomic mass is 10.1. The monoisotopic (exact) mass is 258 g/mol. The van der Waals surface area contributed by atoms with Gasteiger partial charge in [-0.2, -0.15) is 0 Å². The van der Waals surface area contributed by atoms with Gasteiger partial charge in [-0.25, -0.2) is 13.1 Å². The maximum Gasteiger partial charge on any atom is 0.214 e. The number of anilines is 1. The van der Waals surface area contributed by atoms with Gasteiger partial charge in [-0.1, -0.05) is 12.1 Å². The van der Waals surface area contributed by atoms with Gasteiger partial charge < -0.3 is 10.5 Å². The summed E-state index contributed by atoms with van der Waals surface area (Å²) in [4.78, 5) is 0. The quantitative estimate of drug-likeness (QED) is 0.734.